The molecule has 0 unspecified atom stereocenters. The van der Waals surface area contributed by atoms with Gasteiger partial charge >= 0.3 is 7.12 Å². The van der Waals surface area contributed by atoms with Crippen LogP contribution in [0.1, 0.15) is 25.7 Å². The molecule has 0 amide bonds. The minimum Gasteiger partial charge on any atom is -0.489 e. The normalized spacial score (nSPS) is 16.7. The van der Waals surface area contributed by atoms with Gasteiger partial charge in [0.2, 0.25) is 0 Å². The fourth-order valence-electron chi connectivity index (χ4n) is 1.84. The van der Waals surface area contributed by atoms with Gasteiger partial charge in [-0.25, -0.2) is 0 Å². The van der Waals surface area contributed by atoms with Gasteiger partial charge in [0.1, 0.15) is 5.75 Å². The Bertz CT molecular complexity index is 326. The summed E-state index contributed by atoms with van der Waals surface area (Å²) in [4.78, 5) is 3.90. The smallest absolute Gasteiger partial charge is 0.489 e. The number of nitrogens with zero attached hydrogens (tertiary/aromatic N) is 1. The van der Waals surface area contributed by atoms with Crippen LogP contribution in [0.4, 0.5) is 0 Å². The molecular weight excluding hydrogens is 193 g/mol. The highest BCUT2D eigenvalue weighted by Gasteiger charge is 2.18. The molecule has 1 aliphatic rings. The second-order valence-electron chi connectivity index (χ2n) is 3.85. The Morgan fingerprint density at radius 2 is 2.00 bits per heavy atom. The molecule has 0 radical (unpaired) electrons. The Balaban J connectivity index is 2.04. The van der Waals surface area contributed by atoms with Crippen LogP contribution >= 0.6 is 0 Å². The van der Waals surface area contributed by atoms with Crippen molar-refractivity contribution in [3.05, 3.63) is 18.5 Å². The molecule has 5 heteroatoms. The molecule has 4 nitrogen and oxygen atoms in total. The van der Waals surface area contributed by atoms with E-state index in [4.69, 9.17) is 14.8 Å². The first kappa shape index (κ1) is 10.5. The van der Waals surface area contributed by atoms with Crippen LogP contribution in [0.5, 0.6) is 5.75 Å². The third kappa shape index (κ3) is 2.70. The predicted octanol–water partition coefficient (Wildman–Crippen LogP) is 0.0828. The molecule has 1 aromatic rings. The Labute approximate surface area is 89.1 Å². The van der Waals surface area contributed by atoms with Crippen molar-refractivity contribution in [3.8, 4) is 5.75 Å². The molecule has 1 fully saturated rings. The summed E-state index contributed by atoms with van der Waals surface area (Å²) >= 11 is 0. The molecular formula is C10H14BNO3. The summed E-state index contributed by atoms with van der Waals surface area (Å²) in [6.07, 6.45) is 7.85. The zero-order valence-corrected chi connectivity index (χ0v) is 8.47. The molecule has 0 saturated heterocycles. The fraction of sp³-hybridized carbons (Fsp3) is 0.500. The lowest BCUT2D eigenvalue weighted by Crippen LogP contribution is -2.30. The summed E-state index contributed by atoms with van der Waals surface area (Å²) in [5.41, 5.74) is 0.366. The predicted molar refractivity (Wildman–Crippen MR) is 56.9 cm³/mol. The van der Waals surface area contributed by atoms with E-state index in [1.165, 1.54) is 19.0 Å². The third-order valence-electron chi connectivity index (χ3n) is 2.64. The van der Waals surface area contributed by atoms with Gasteiger partial charge in [0.05, 0.1) is 12.3 Å². The highest BCUT2D eigenvalue weighted by Crippen LogP contribution is 2.22. The van der Waals surface area contributed by atoms with E-state index in [9.17, 15) is 0 Å². The van der Waals surface area contributed by atoms with Crippen LogP contribution in [0.15, 0.2) is 18.5 Å². The number of pyridine rings is 1. The standard InChI is InChI=1S/C10H14BNO3/c13-11(14)8-5-10(7-12-6-8)15-9-3-1-2-4-9/h5-7,9,13-14H,1-4H2. The van der Waals surface area contributed by atoms with Crippen molar-refractivity contribution in [3.63, 3.8) is 0 Å². The summed E-state index contributed by atoms with van der Waals surface area (Å²) in [5.74, 6) is 0.618. The van der Waals surface area contributed by atoms with Crippen molar-refractivity contribution >= 4 is 12.6 Å². The van der Waals surface area contributed by atoms with E-state index in [1.807, 2.05) is 0 Å². The first-order valence-corrected chi connectivity index (χ1v) is 5.23. The Kier molecular flexibility index (Phi) is 3.23. The first-order valence-electron chi connectivity index (χ1n) is 5.23. The zero-order valence-electron chi connectivity index (χ0n) is 8.47. The van der Waals surface area contributed by atoms with Gasteiger partial charge in [-0.15, -0.1) is 0 Å². The molecule has 80 valence electrons. The summed E-state index contributed by atoms with van der Waals surface area (Å²) in [6.45, 7) is 0. The Morgan fingerprint density at radius 1 is 1.27 bits per heavy atom. The first-order chi connectivity index (χ1) is 7.25. The van der Waals surface area contributed by atoms with Crippen LogP contribution in [-0.4, -0.2) is 28.3 Å². The van der Waals surface area contributed by atoms with Gasteiger partial charge in [0.15, 0.2) is 0 Å². The van der Waals surface area contributed by atoms with Crippen LogP contribution < -0.4 is 10.2 Å². The van der Waals surface area contributed by atoms with Crippen LogP contribution in [-0.2, 0) is 0 Å². The number of ether oxygens (including phenoxy) is 1. The maximum Gasteiger partial charge on any atom is 0.490 e. The monoisotopic (exact) mass is 207 g/mol. The zero-order chi connectivity index (χ0) is 10.7. The number of hydrogen-bond donors (Lipinski definition) is 2. The SMILES string of the molecule is OB(O)c1cncc(OC2CCCC2)c1. The lowest BCUT2D eigenvalue weighted by molar-refractivity contribution is 0.209. The van der Waals surface area contributed by atoms with Gasteiger partial charge in [0, 0.05) is 11.7 Å². The van der Waals surface area contributed by atoms with E-state index in [0.29, 0.717) is 11.2 Å². The van der Waals surface area contributed by atoms with Gasteiger partial charge in [-0.1, -0.05) is 0 Å². The van der Waals surface area contributed by atoms with Gasteiger partial charge in [-0.2, -0.15) is 0 Å². The molecule has 0 aliphatic heterocycles. The van der Waals surface area contributed by atoms with Gasteiger partial charge < -0.3 is 14.8 Å². The van der Waals surface area contributed by atoms with Gasteiger partial charge in [0.25, 0.3) is 0 Å². The van der Waals surface area contributed by atoms with Crippen molar-refractivity contribution in [2.45, 2.75) is 31.8 Å². The van der Waals surface area contributed by atoms with Crippen molar-refractivity contribution in [2.24, 2.45) is 0 Å². The molecule has 1 heterocycles. The maximum atomic E-state index is 8.97. The fourth-order valence-corrected chi connectivity index (χ4v) is 1.84. The molecule has 1 saturated carbocycles. The van der Waals surface area contributed by atoms with E-state index >= 15 is 0 Å². The summed E-state index contributed by atoms with van der Waals surface area (Å²) in [6, 6.07) is 1.62. The highest BCUT2D eigenvalue weighted by atomic mass is 16.5. The van der Waals surface area contributed by atoms with Crippen LogP contribution in [0.2, 0.25) is 0 Å². The molecule has 1 aromatic heterocycles. The van der Waals surface area contributed by atoms with E-state index < -0.39 is 7.12 Å². The average Bonchev–Trinajstić information content (AvgIpc) is 2.71. The Hall–Kier alpha value is -1.07. The molecule has 2 N–H and O–H groups in total. The Morgan fingerprint density at radius 3 is 2.67 bits per heavy atom. The quantitative estimate of drug-likeness (QED) is 0.689. The van der Waals surface area contributed by atoms with Crippen LogP contribution in [0, 0.1) is 0 Å². The number of rotatable bonds is 3. The minimum atomic E-state index is -1.48. The summed E-state index contributed by atoms with van der Waals surface area (Å²) < 4.78 is 5.68. The average molecular weight is 207 g/mol. The van der Waals surface area contributed by atoms with Crippen LogP contribution in [0.25, 0.3) is 0 Å². The summed E-state index contributed by atoms with van der Waals surface area (Å²) in [5, 5.41) is 17.9. The molecule has 0 atom stereocenters. The van der Waals surface area contributed by atoms with E-state index in [0.717, 1.165) is 12.8 Å². The van der Waals surface area contributed by atoms with E-state index in [1.54, 1.807) is 12.3 Å². The second-order valence-corrected chi connectivity index (χ2v) is 3.85. The molecule has 0 aromatic carbocycles. The van der Waals surface area contributed by atoms with Crippen molar-refractivity contribution in [2.75, 3.05) is 0 Å². The maximum absolute atomic E-state index is 8.97. The molecule has 2 rings (SSSR count). The van der Waals surface area contributed by atoms with Crippen molar-refractivity contribution in [1.29, 1.82) is 0 Å². The highest BCUT2D eigenvalue weighted by molar-refractivity contribution is 6.58. The van der Waals surface area contributed by atoms with Crippen molar-refractivity contribution in [1.82, 2.24) is 4.98 Å². The minimum absolute atomic E-state index is 0.262. The van der Waals surface area contributed by atoms with Gasteiger partial charge in [-0.3, -0.25) is 4.98 Å². The molecule has 0 spiro atoms. The number of hydrogen-bond acceptors (Lipinski definition) is 4. The van der Waals surface area contributed by atoms with Crippen LogP contribution in [0.3, 0.4) is 0 Å². The lowest BCUT2D eigenvalue weighted by atomic mass is 9.82. The topological polar surface area (TPSA) is 62.6 Å². The second kappa shape index (κ2) is 4.64. The number of aromatic nitrogens is 1. The van der Waals surface area contributed by atoms with E-state index in [2.05, 4.69) is 4.98 Å². The summed E-state index contributed by atoms with van der Waals surface area (Å²) in [7, 11) is -1.48. The lowest BCUT2D eigenvalue weighted by Gasteiger charge is -2.13. The molecule has 1 aliphatic carbocycles. The largest absolute Gasteiger partial charge is 0.490 e. The molecule has 15 heavy (non-hydrogen) atoms. The van der Waals surface area contributed by atoms with E-state index in [-0.39, 0.29) is 6.10 Å². The molecule has 0 bridgehead atoms. The van der Waals surface area contributed by atoms with Gasteiger partial charge in [-0.05, 0) is 31.7 Å². The van der Waals surface area contributed by atoms with Crippen molar-refractivity contribution < 1.29 is 14.8 Å². The third-order valence-corrected chi connectivity index (χ3v) is 2.64.